The van der Waals surface area contributed by atoms with Crippen molar-refractivity contribution < 1.29 is 14.3 Å². The summed E-state index contributed by atoms with van der Waals surface area (Å²) in [6, 6.07) is 17.8. The molecule has 0 aromatic heterocycles. The highest BCUT2D eigenvalue weighted by Crippen LogP contribution is 2.21. The molecule has 2 fully saturated rings. The number of carbonyl (C=O) groups is 2. The van der Waals surface area contributed by atoms with Gasteiger partial charge in [-0.3, -0.25) is 4.79 Å². The number of nitrogens with zero attached hydrogens (tertiary/aromatic N) is 2. The third kappa shape index (κ3) is 4.17. The Hall–Kier alpha value is -2.86. The smallest absolute Gasteiger partial charge is 0.321 e. The summed E-state index contributed by atoms with van der Waals surface area (Å²) >= 11 is 0. The van der Waals surface area contributed by atoms with Crippen molar-refractivity contribution in [3.63, 3.8) is 0 Å². The standard InChI is InChI=1S/C22H25N3O3/c26-21(20-7-4-16-28-20)24-12-14-25(15-13-24)22(27)23-19-10-8-18(9-11-19)17-5-2-1-3-6-17/h1-3,5-6,8-11,20H,4,7,12-16H2,(H,23,27). The second kappa shape index (κ2) is 8.44. The average molecular weight is 379 g/mol. The number of nitrogens with one attached hydrogen (secondary N) is 1. The van der Waals surface area contributed by atoms with Gasteiger partial charge in [-0.1, -0.05) is 42.5 Å². The van der Waals surface area contributed by atoms with Gasteiger partial charge in [-0.05, 0) is 36.1 Å². The molecule has 146 valence electrons. The van der Waals surface area contributed by atoms with Crippen molar-refractivity contribution in [2.24, 2.45) is 0 Å². The molecule has 6 nitrogen and oxygen atoms in total. The maximum atomic E-state index is 12.5. The Morgan fingerprint density at radius 3 is 2.14 bits per heavy atom. The predicted molar refractivity (Wildman–Crippen MR) is 108 cm³/mol. The van der Waals surface area contributed by atoms with Gasteiger partial charge in [0.05, 0.1) is 0 Å². The lowest BCUT2D eigenvalue weighted by Gasteiger charge is -2.35. The van der Waals surface area contributed by atoms with Crippen LogP contribution in [0.5, 0.6) is 0 Å². The molecule has 1 unspecified atom stereocenters. The molecule has 3 amide bonds. The number of amides is 3. The average Bonchev–Trinajstić information content (AvgIpc) is 3.29. The van der Waals surface area contributed by atoms with E-state index in [1.165, 1.54) is 0 Å². The van der Waals surface area contributed by atoms with Crippen LogP contribution in [0.3, 0.4) is 0 Å². The van der Waals surface area contributed by atoms with E-state index >= 15 is 0 Å². The lowest BCUT2D eigenvalue weighted by Crippen LogP contribution is -2.53. The van der Waals surface area contributed by atoms with E-state index < -0.39 is 0 Å². The van der Waals surface area contributed by atoms with Gasteiger partial charge in [-0.15, -0.1) is 0 Å². The zero-order valence-corrected chi connectivity index (χ0v) is 15.8. The molecule has 2 aliphatic heterocycles. The molecule has 0 radical (unpaired) electrons. The van der Waals surface area contributed by atoms with E-state index in [2.05, 4.69) is 17.4 Å². The van der Waals surface area contributed by atoms with Gasteiger partial charge in [0.15, 0.2) is 0 Å². The third-order valence-electron chi connectivity index (χ3n) is 5.33. The van der Waals surface area contributed by atoms with Crippen LogP contribution in [0.25, 0.3) is 11.1 Å². The van der Waals surface area contributed by atoms with Gasteiger partial charge in [-0.25, -0.2) is 4.79 Å². The summed E-state index contributed by atoms with van der Waals surface area (Å²) in [6.45, 7) is 2.85. The van der Waals surface area contributed by atoms with Gasteiger partial charge in [0.1, 0.15) is 6.10 Å². The molecule has 1 atom stereocenters. The summed E-state index contributed by atoms with van der Waals surface area (Å²) < 4.78 is 5.48. The molecule has 28 heavy (non-hydrogen) atoms. The minimum Gasteiger partial charge on any atom is -0.368 e. The van der Waals surface area contributed by atoms with Gasteiger partial charge in [0.2, 0.25) is 0 Å². The molecule has 0 saturated carbocycles. The van der Waals surface area contributed by atoms with Crippen molar-refractivity contribution in [3.05, 3.63) is 54.6 Å². The number of hydrogen-bond donors (Lipinski definition) is 1. The molecular formula is C22H25N3O3. The number of benzene rings is 2. The van der Waals surface area contributed by atoms with Crippen molar-refractivity contribution in [3.8, 4) is 11.1 Å². The summed E-state index contributed by atoms with van der Waals surface area (Å²) in [5.41, 5.74) is 3.02. The molecular weight excluding hydrogens is 354 g/mol. The molecule has 0 spiro atoms. The summed E-state index contributed by atoms with van der Waals surface area (Å²) in [6.07, 6.45) is 1.46. The molecule has 2 aromatic carbocycles. The highest BCUT2D eigenvalue weighted by molar-refractivity contribution is 5.90. The van der Waals surface area contributed by atoms with Crippen LogP contribution in [0.15, 0.2) is 54.6 Å². The minimum atomic E-state index is -0.288. The van der Waals surface area contributed by atoms with Gasteiger partial charge in [-0.2, -0.15) is 0 Å². The van der Waals surface area contributed by atoms with Crippen LogP contribution < -0.4 is 5.32 Å². The maximum absolute atomic E-state index is 12.5. The Morgan fingerprint density at radius 1 is 0.857 bits per heavy atom. The van der Waals surface area contributed by atoms with E-state index in [1.807, 2.05) is 47.4 Å². The largest absolute Gasteiger partial charge is 0.368 e. The normalized spacial score (nSPS) is 19.5. The highest BCUT2D eigenvalue weighted by atomic mass is 16.5. The highest BCUT2D eigenvalue weighted by Gasteiger charge is 2.31. The topological polar surface area (TPSA) is 61.9 Å². The van der Waals surface area contributed by atoms with Crippen molar-refractivity contribution in [1.82, 2.24) is 9.80 Å². The monoisotopic (exact) mass is 379 g/mol. The molecule has 2 saturated heterocycles. The van der Waals surface area contributed by atoms with E-state index in [0.717, 1.165) is 29.7 Å². The summed E-state index contributed by atoms with van der Waals surface area (Å²) in [4.78, 5) is 28.5. The fourth-order valence-electron chi connectivity index (χ4n) is 3.69. The van der Waals surface area contributed by atoms with Crippen molar-refractivity contribution in [2.45, 2.75) is 18.9 Å². The Balaban J connectivity index is 1.29. The number of urea groups is 1. The molecule has 2 aromatic rings. The Bertz CT molecular complexity index is 809. The Kier molecular flexibility index (Phi) is 5.58. The van der Waals surface area contributed by atoms with Crippen molar-refractivity contribution >= 4 is 17.6 Å². The number of rotatable bonds is 3. The quantitative estimate of drug-likeness (QED) is 0.891. The van der Waals surface area contributed by atoms with Crippen LogP contribution in [0.2, 0.25) is 0 Å². The number of anilines is 1. The molecule has 0 bridgehead atoms. The van der Waals surface area contributed by atoms with Crippen LogP contribution in [0.1, 0.15) is 12.8 Å². The van der Waals surface area contributed by atoms with Gasteiger partial charge >= 0.3 is 6.03 Å². The van der Waals surface area contributed by atoms with E-state index in [0.29, 0.717) is 32.8 Å². The Labute approximate surface area is 165 Å². The first kappa shape index (κ1) is 18.5. The van der Waals surface area contributed by atoms with E-state index in [4.69, 9.17) is 4.74 Å². The number of hydrogen-bond acceptors (Lipinski definition) is 3. The summed E-state index contributed by atoms with van der Waals surface area (Å²) in [5, 5.41) is 2.95. The fourth-order valence-corrected chi connectivity index (χ4v) is 3.69. The zero-order valence-electron chi connectivity index (χ0n) is 15.8. The number of carbonyl (C=O) groups excluding carboxylic acids is 2. The molecule has 4 rings (SSSR count). The lowest BCUT2D eigenvalue weighted by atomic mass is 10.1. The van der Waals surface area contributed by atoms with Crippen LogP contribution in [0.4, 0.5) is 10.5 Å². The van der Waals surface area contributed by atoms with Crippen molar-refractivity contribution in [1.29, 1.82) is 0 Å². The second-order valence-corrected chi connectivity index (χ2v) is 7.19. The van der Waals surface area contributed by atoms with Gasteiger partial charge in [0.25, 0.3) is 5.91 Å². The van der Waals surface area contributed by atoms with Crippen LogP contribution in [0, 0.1) is 0 Å². The lowest BCUT2D eigenvalue weighted by molar-refractivity contribution is -0.142. The van der Waals surface area contributed by atoms with Gasteiger partial charge < -0.3 is 19.9 Å². The SMILES string of the molecule is O=C(Nc1ccc(-c2ccccc2)cc1)N1CCN(C(=O)C2CCCO2)CC1. The first-order valence-electron chi connectivity index (χ1n) is 9.82. The molecule has 6 heteroatoms. The first-order chi connectivity index (χ1) is 13.7. The van der Waals surface area contributed by atoms with Crippen molar-refractivity contribution in [2.75, 3.05) is 38.1 Å². The maximum Gasteiger partial charge on any atom is 0.321 e. The molecule has 2 aliphatic rings. The van der Waals surface area contributed by atoms with Crippen LogP contribution in [-0.4, -0.2) is 60.6 Å². The van der Waals surface area contributed by atoms with Crippen LogP contribution >= 0.6 is 0 Å². The molecule has 1 N–H and O–H groups in total. The molecule has 0 aliphatic carbocycles. The van der Waals surface area contributed by atoms with E-state index in [-0.39, 0.29) is 18.0 Å². The second-order valence-electron chi connectivity index (χ2n) is 7.19. The van der Waals surface area contributed by atoms with Gasteiger partial charge in [0, 0.05) is 38.5 Å². The zero-order chi connectivity index (χ0) is 19.3. The third-order valence-corrected chi connectivity index (χ3v) is 5.33. The molecule has 2 heterocycles. The summed E-state index contributed by atoms with van der Waals surface area (Å²) in [7, 11) is 0. The number of ether oxygens (including phenoxy) is 1. The predicted octanol–water partition coefficient (Wildman–Crippen LogP) is 3.21. The Morgan fingerprint density at radius 2 is 1.50 bits per heavy atom. The summed E-state index contributed by atoms with van der Waals surface area (Å²) in [5.74, 6) is 0.0639. The van der Waals surface area contributed by atoms with E-state index in [9.17, 15) is 9.59 Å². The first-order valence-corrected chi connectivity index (χ1v) is 9.82. The number of piperazine rings is 1. The minimum absolute atomic E-state index is 0.0639. The van der Waals surface area contributed by atoms with E-state index in [1.54, 1.807) is 4.90 Å². The van der Waals surface area contributed by atoms with Crippen LogP contribution in [-0.2, 0) is 9.53 Å². The fraction of sp³-hybridized carbons (Fsp3) is 0.364.